The van der Waals surface area contributed by atoms with E-state index in [0.717, 1.165) is 43.0 Å². The highest BCUT2D eigenvalue weighted by molar-refractivity contribution is 7.66. The highest BCUT2D eigenvalue weighted by atomic mass is 31.3. The third-order valence-electron chi connectivity index (χ3n) is 12.5. The molecular formula is C37H55N14O25P4+. The van der Waals surface area contributed by atoms with E-state index in [-0.39, 0.29) is 40.6 Å². The molecule has 0 spiro atoms. The summed E-state index contributed by atoms with van der Waals surface area (Å²) in [5, 5.41) is 38.0. The van der Waals surface area contributed by atoms with Crippen LogP contribution in [0.3, 0.4) is 0 Å². The van der Waals surface area contributed by atoms with Crippen LogP contribution in [0.25, 0.3) is 22.3 Å². The lowest BCUT2D eigenvalue weighted by molar-refractivity contribution is -0.745. The Morgan fingerprint density at radius 1 is 0.812 bits per heavy atom. The fraction of sp³-hybridized carbons (Fsp3) is 0.595. The molecule has 39 nitrogen and oxygen atoms in total. The molecule has 0 aliphatic carbocycles. The lowest BCUT2D eigenvalue weighted by Gasteiger charge is -2.26. The van der Waals surface area contributed by atoms with E-state index in [1.165, 1.54) is 27.1 Å². The fourth-order valence-corrected chi connectivity index (χ4v) is 13.3. The van der Waals surface area contributed by atoms with Gasteiger partial charge in [0.1, 0.15) is 54.6 Å². The molecular weight excluding hydrogens is 1160 g/mol. The smallest absolute Gasteiger partial charge is 0.387 e. The van der Waals surface area contributed by atoms with E-state index in [1.54, 1.807) is 0 Å². The standard InChI is InChI=1S/C37H54N14O25P4/c1-4-5-7-40-36(57)41-9-16-17(71-32(23(16)53)51-15-48(2)22-30(51)46-35(39)47-31(22)56)10-69-78(61,62)75-80(65,66)76-79(63,64)70-12-19-26(27(67-3)34(73-19)50-14-44-21-28(38)42-13-43-29(21)50)74-77(59,60)68-11-18-24(54)25(55)33(72-18)49-8-6-20(52)45-37(49)58/h6,8,13-19,23-27,32-34,53-55H,4-5,7,9-12H2,1-3H3,(H11-,38,39,40,41,42,43,45,46,47,52,56,57,58,59,60,61,62,63,64,65,66)/p+1/t16-,17-,18-,19-,23-,24-,25-,26-,27-,32-,33-,34-/m1/s1. The number of urea groups is 1. The van der Waals surface area contributed by atoms with Crippen LogP contribution in [0.1, 0.15) is 38.4 Å². The van der Waals surface area contributed by atoms with E-state index < -0.39 is 147 Å². The molecule has 0 radical (unpaired) electrons. The number of phosphoric ester groups is 3. The van der Waals surface area contributed by atoms with Gasteiger partial charge in [-0.05, 0) is 6.42 Å². The largest absolute Gasteiger partial charge is 0.490 e. The topological polar surface area (TPSA) is 548 Å². The number of nitrogens with zero attached hydrogens (tertiary/aromatic N) is 8. The molecule has 4 unspecified atom stereocenters. The molecule has 16 atom stereocenters. The number of ether oxygens (including phenoxy) is 4. The van der Waals surface area contributed by atoms with E-state index in [4.69, 9.17) is 48.5 Å². The number of aliphatic hydroxyl groups excluding tert-OH is 3. The Labute approximate surface area is 447 Å². The number of H-pyrrole nitrogens is 2. The maximum absolute atomic E-state index is 13.6. The molecule has 43 heteroatoms. The summed E-state index contributed by atoms with van der Waals surface area (Å²) in [6.45, 7) is -1.55. The number of unbranched alkanes of at least 4 members (excludes halogenated alkanes) is 1. The molecule has 15 N–H and O–H groups in total. The van der Waals surface area contributed by atoms with Gasteiger partial charge in [-0.2, -0.15) is 8.62 Å². The first-order chi connectivity index (χ1) is 37.6. The lowest BCUT2D eigenvalue weighted by atomic mass is 9.98. The number of aromatic nitrogens is 10. The van der Waals surface area contributed by atoms with E-state index in [0.29, 0.717) is 13.0 Å². The first-order valence-corrected chi connectivity index (χ1v) is 29.5. The highest BCUT2D eigenvalue weighted by Gasteiger charge is 2.54. The number of hydrogen-bond acceptors (Lipinski definition) is 27. The third kappa shape index (κ3) is 13.6. The molecule has 0 bridgehead atoms. The Morgan fingerprint density at radius 3 is 2.15 bits per heavy atom. The van der Waals surface area contributed by atoms with Crippen molar-refractivity contribution in [1.29, 1.82) is 0 Å². The Bertz CT molecular complexity index is 3450. The summed E-state index contributed by atoms with van der Waals surface area (Å²) < 4.78 is 110. The van der Waals surface area contributed by atoms with Gasteiger partial charge in [0.2, 0.25) is 11.7 Å². The molecule has 3 saturated heterocycles. The minimum absolute atomic E-state index is 0.00198. The number of amides is 2. The Morgan fingerprint density at radius 2 is 1.48 bits per heavy atom. The first-order valence-electron chi connectivity index (χ1n) is 23.5. The minimum atomic E-state index is -6.24. The zero-order valence-corrected chi connectivity index (χ0v) is 45.3. The number of aliphatic hydroxyl groups is 3. The predicted molar refractivity (Wildman–Crippen MR) is 262 cm³/mol. The van der Waals surface area contributed by atoms with Crippen molar-refractivity contribution in [3.8, 4) is 0 Å². The number of imidazole rings is 2. The van der Waals surface area contributed by atoms with Crippen molar-refractivity contribution in [3.05, 3.63) is 62.4 Å². The average Bonchev–Trinajstić information content (AvgIpc) is 4.35. The van der Waals surface area contributed by atoms with E-state index in [1.807, 2.05) is 11.9 Å². The number of carbonyl (C=O) groups excluding carboxylic acids is 1. The molecule has 80 heavy (non-hydrogen) atoms. The maximum atomic E-state index is 13.6. The number of aromatic amines is 2. The summed E-state index contributed by atoms with van der Waals surface area (Å²) >= 11 is 0. The van der Waals surface area contributed by atoms with Crippen molar-refractivity contribution in [2.45, 2.75) is 87.3 Å². The lowest BCUT2D eigenvalue weighted by Crippen LogP contribution is -2.47. The SMILES string of the molecule is CCCCNC(=O)NC[C@H]1[C@@H](O)[C@H]([n+]2cn(C)c3c(=O)[nH]c(N)nc32)O[C@@H]1COP(=O)(O)OP(=O)(O)OP(=O)(O)OC[C@H]1O[C@@H](n2cnc3c(N)ncnc32)[C@H](OC)[C@@H]1OP(=O)(O)OC[C@H]1O[C@@H](n2ccc(=O)[nH]c2=O)[C@H](O)[C@@H]1O. The van der Waals surface area contributed by atoms with Gasteiger partial charge >= 0.3 is 48.7 Å². The van der Waals surface area contributed by atoms with Gasteiger partial charge in [0.25, 0.3) is 17.1 Å². The summed E-state index contributed by atoms with van der Waals surface area (Å²) in [6, 6.07) is 0.258. The molecule has 3 aliphatic heterocycles. The van der Waals surface area contributed by atoms with Crippen molar-refractivity contribution < 1.29 is 108 Å². The minimum Gasteiger partial charge on any atom is -0.387 e. The molecule has 8 heterocycles. The number of aryl methyl sites for hydroxylation is 1. The van der Waals surface area contributed by atoms with E-state index >= 15 is 0 Å². The van der Waals surface area contributed by atoms with Crippen LogP contribution >= 0.6 is 31.3 Å². The van der Waals surface area contributed by atoms with Crippen molar-refractivity contribution >= 4 is 71.4 Å². The molecule has 442 valence electrons. The second kappa shape index (κ2) is 24.3. The Kier molecular flexibility index (Phi) is 18.4. The number of phosphoric acid groups is 4. The number of nitrogens with one attached hydrogen (secondary N) is 4. The first kappa shape index (κ1) is 60.8. The van der Waals surface area contributed by atoms with Gasteiger partial charge in [0.15, 0.2) is 30.2 Å². The summed E-state index contributed by atoms with van der Waals surface area (Å²) in [7, 11) is -21.0. The molecule has 5 aromatic heterocycles. The van der Waals surface area contributed by atoms with Crippen LogP contribution in [-0.4, -0.2) is 173 Å². The van der Waals surface area contributed by atoms with Gasteiger partial charge in [0.05, 0.1) is 39.3 Å². The Hall–Kier alpha value is -5.31. The third-order valence-corrected chi connectivity index (χ3v) is 17.7. The zero-order chi connectivity index (χ0) is 58.2. The van der Waals surface area contributed by atoms with Gasteiger partial charge in [-0.1, -0.05) is 18.3 Å². The Balaban J connectivity index is 0.947. The number of methoxy groups -OCH3 is 1. The van der Waals surface area contributed by atoms with E-state index in [9.17, 15) is 72.3 Å². The molecule has 5 aromatic rings. The van der Waals surface area contributed by atoms with Crippen LogP contribution in [-0.2, 0) is 71.0 Å². The maximum Gasteiger partial charge on any atom is 0.490 e. The van der Waals surface area contributed by atoms with Gasteiger partial charge in [-0.25, -0.2) is 47.4 Å². The van der Waals surface area contributed by atoms with Crippen LogP contribution in [0.2, 0.25) is 0 Å². The fourth-order valence-electron chi connectivity index (χ4n) is 8.78. The van der Waals surface area contributed by atoms with Crippen LogP contribution in [0.4, 0.5) is 16.6 Å². The second-order valence-electron chi connectivity index (χ2n) is 17.9. The molecule has 0 aromatic carbocycles. The average molecular weight is 1220 g/mol. The van der Waals surface area contributed by atoms with Crippen molar-refractivity contribution in [3.63, 3.8) is 0 Å². The van der Waals surface area contributed by atoms with Gasteiger partial charge in [-0.15, -0.1) is 0 Å². The van der Waals surface area contributed by atoms with Crippen LogP contribution in [0, 0.1) is 5.92 Å². The molecule has 2 amide bonds. The monoisotopic (exact) mass is 1220 g/mol. The number of rotatable bonds is 24. The van der Waals surface area contributed by atoms with Gasteiger partial charge < -0.3 is 75.9 Å². The normalized spacial score (nSPS) is 29.1. The van der Waals surface area contributed by atoms with Crippen LogP contribution in [0.5, 0.6) is 0 Å². The number of fused-ring (bicyclic) bond motifs is 2. The summed E-state index contributed by atoms with van der Waals surface area (Å²) in [6.07, 6.45) is -12.4. The van der Waals surface area contributed by atoms with Crippen molar-refractivity contribution in [1.82, 2.24) is 54.2 Å². The molecule has 0 saturated carbocycles. The molecule has 3 fully saturated rings. The van der Waals surface area contributed by atoms with Crippen molar-refractivity contribution in [2.75, 3.05) is 51.5 Å². The highest BCUT2D eigenvalue weighted by Crippen LogP contribution is 2.68. The van der Waals surface area contributed by atoms with Crippen LogP contribution in [0.15, 0.2) is 45.6 Å². The summed E-state index contributed by atoms with van der Waals surface area (Å²) in [4.78, 5) is 113. The number of anilines is 2. The predicted octanol–water partition coefficient (Wildman–Crippen LogP) is -3.52. The molecule has 3 aliphatic rings. The number of nitrogen functional groups attached to an aromatic ring is 2. The van der Waals surface area contributed by atoms with Gasteiger partial charge in [0, 0.05) is 38.4 Å². The van der Waals surface area contributed by atoms with Crippen LogP contribution < -0.4 is 43.5 Å². The van der Waals surface area contributed by atoms with Crippen molar-refractivity contribution in [2.24, 2.45) is 13.0 Å². The summed E-state index contributed by atoms with van der Waals surface area (Å²) in [5.41, 5.74) is 9.19. The number of carbonyl (C=O) groups is 1. The number of nitrogens with two attached hydrogens (primary N) is 2. The number of hydrogen-bond donors (Lipinski definition) is 13. The zero-order valence-electron chi connectivity index (χ0n) is 41.8. The van der Waals surface area contributed by atoms with Gasteiger partial charge in [-0.3, -0.25) is 51.4 Å². The second-order valence-corrected chi connectivity index (χ2v) is 23.9. The quantitative estimate of drug-likeness (QED) is 0.0162. The summed E-state index contributed by atoms with van der Waals surface area (Å²) in [5.74, 6) is -1.60. The van der Waals surface area contributed by atoms with E-state index in [2.05, 4.69) is 44.2 Å². The molecule has 8 rings (SSSR count).